The van der Waals surface area contributed by atoms with E-state index in [1.165, 1.54) is 41.7 Å². The maximum Gasteiger partial charge on any atom is 0.253 e. The Hall–Kier alpha value is -3.43. The highest BCUT2D eigenvalue weighted by atomic mass is 16.2. The summed E-state index contributed by atoms with van der Waals surface area (Å²) >= 11 is 0. The number of nitrogens with zero attached hydrogens (tertiary/aromatic N) is 4. The van der Waals surface area contributed by atoms with E-state index in [4.69, 9.17) is 10.3 Å². The number of carbonyl (C=O) groups excluding carboxylic acids is 1. The Morgan fingerprint density at radius 3 is 2.39 bits per heavy atom. The van der Waals surface area contributed by atoms with E-state index in [0.29, 0.717) is 17.4 Å². The molecule has 198 valence electrons. The van der Waals surface area contributed by atoms with Gasteiger partial charge in [0.1, 0.15) is 0 Å². The van der Waals surface area contributed by atoms with Crippen molar-refractivity contribution in [1.29, 1.82) is 5.26 Å². The molecule has 1 aliphatic carbocycles. The number of amides is 1. The summed E-state index contributed by atoms with van der Waals surface area (Å²) < 4.78 is 0. The minimum absolute atomic E-state index is 0.103. The molecule has 38 heavy (non-hydrogen) atoms. The summed E-state index contributed by atoms with van der Waals surface area (Å²) in [5, 5.41) is 12.5. The SMILES string of the molecule is CNC1=C(C=Nc2cc(C(=O)N3CCC(c4ccc(C#N)cc4)CC3)ccc2C2CCC2)CCN(C)CC1. The van der Waals surface area contributed by atoms with Gasteiger partial charge in [0.15, 0.2) is 0 Å². The third-order valence-corrected chi connectivity index (χ3v) is 8.67. The standard InChI is InChI=1S/C32H39N5O/c1-34-30-15-17-36(2)16-12-28(30)22-35-31-20-27(10-11-29(31)26-4-3-5-26)32(38)37-18-13-25(14-19-37)24-8-6-23(21-33)7-9-24/h6-11,20,22,25-26,34H,3-5,12-19H2,1-2H3. The second kappa shape index (κ2) is 12.0. The van der Waals surface area contributed by atoms with Gasteiger partial charge in [-0.25, -0.2) is 0 Å². The Morgan fingerprint density at radius 2 is 1.74 bits per heavy atom. The number of nitriles is 1. The fraction of sp³-hybridized carbons (Fsp3) is 0.469. The van der Waals surface area contributed by atoms with Crippen LogP contribution in [0.1, 0.15) is 83.8 Å². The molecule has 6 nitrogen and oxygen atoms in total. The van der Waals surface area contributed by atoms with Crippen LogP contribution in [-0.4, -0.2) is 62.2 Å². The summed E-state index contributed by atoms with van der Waals surface area (Å²) in [5.74, 6) is 1.08. The first-order valence-corrected chi connectivity index (χ1v) is 14.1. The van der Waals surface area contributed by atoms with E-state index >= 15 is 0 Å². The highest BCUT2D eigenvalue weighted by molar-refractivity contribution is 5.95. The Morgan fingerprint density at radius 1 is 1.00 bits per heavy atom. The second-order valence-corrected chi connectivity index (χ2v) is 11.0. The van der Waals surface area contributed by atoms with Gasteiger partial charge in [0.2, 0.25) is 0 Å². The minimum atomic E-state index is 0.103. The van der Waals surface area contributed by atoms with E-state index in [1.807, 2.05) is 42.4 Å². The number of rotatable bonds is 6. The van der Waals surface area contributed by atoms with E-state index in [1.54, 1.807) is 0 Å². The van der Waals surface area contributed by atoms with Gasteiger partial charge in [0.05, 0.1) is 17.3 Å². The fourth-order valence-electron chi connectivity index (χ4n) is 5.89. The Kier molecular flexibility index (Phi) is 8.24. The van der Waals surface area contributed by atoms with Crippen molar-refractivity contribution in [3.63, 3.8) is 0 Å². The summed E-state index contributed by atoms with van der Waals surface area (Å²) in [6, 6.07) is 16.3. The lowest BCUT2D eigenvalue weighted by Gasteiger charge is -2.32. The zero-order valence-corrected chi connectivity index (χ0v) is 22.7. The molecule has 2 aromatic rings. The average molecular weight is 510 g/mol. The predicted molar refractivity (Wildman–Crippen MR) is 153 cm³/mol. The van der Waals surface area contributed by atoms with Gasteiger partial charge in [0, 0.05) is 57.1 Å². The van der Waals surface area contributed by atoms with Crippen LogP contribution in [0.15, 0.2) is 58.7 Å². The number of benzene rings is 2. The van der Waals surface area contributed by atoms with Crippen molar-refractivity contribution in [2.75, 3.05) is 40.3 Å². The lowest BCUT2D eigenvalue weighted by atomic mass is 9.79. The molecule has 0 radical (unpaired) electrons. The van der Waals surface area contributed by atoms with Gasteiger partial charge >= 0.3 is 0 Å². The molecule has 2 heterocycles. The quantitative estimate of drug-likeness (QED) is 0.504. The van der Waals surface area contributed by atoms with E-state index < -0.39 is 0 Å². The van der Waals surface area contributed by atoms with E-state index in [2.05, 4.69) is 41.5 Å². The van der Waals surface area contributed by atoms with Crippen molar-refractivity contribution in [3.8, 4) is 6.07 Å². The third-order valence-electron chi connectivity index (χ3n) is 8.67. The summed E-state index contributed by atoms with van der Waals surface area (Å²) in [6.07, 6.45) is 9.57. The van der Waals surface area contributed by atoms with E-state index in [9.17, 15) is 4.79 Å². The topological polar surface area (TPSA) is 71.7 Å². The van der Waals surface area contributed by atoms with E-state index in [0.717, 1.165) is 63.1 Å². The summed E-state index contributed by atoms with van der Waals surface area (Å²) in [5.41, 5.74) is 7.45. The van der Waals surface area contributed by atoms with Crippen LogP contribution in [0.25, 0.3) is 0 Å². The molecule has 2 aliphatic heterocycles. The first-order valence-electron chi connectivity index (χ1n) is 14.1. The molecule has 0 bridgehead atoms. The molecule has 0 unspecified atom stereocenters. The molecule has 6 heteroatoms. The van der Waals surface area contributed by atoms with Crippen molar-refractivity contribution < 1.29 is 4.79 Å². The first-order chi connectivity index (χ1) is 18.6. The Balaban J connectivity index is 1.32. The molecule has 1 amide bonds. The molecule has 0 atom stereocenters. The molecule has 0 aromatic heterocycles. The maximum absolute atomic E-state index is 13.5. The van der Waals surface area contributed by atoms with Crippen LogP contribution in [0, 0.1) is 11.3 Å². The fourth-order valence-corrected chi connectivity index (χ4v) is 5.89. The van der Waals surface area contributed by atoms with Crippen molar-refractivity contribution in [3.05, 3.63) is 76.0 Å². The van der Waals surface area contributed by atoms with E-state index in [-0.39, 0.29) is 5.91 Å². The molecular weight excluding hydrogens is 470 g/mol. The number of hydrogen-bond acceptors (Lipinski definition) is 5. The number of nitrogens with one attached hydrogen (secondary N) is 1. The van der Waals surface area contributed by atoms with Crippen molar-refractivity contribution >= 4 is 17.8 Å². The zero-order valence-electron chi connectivity index (χ0n) is 22.7. The zero-order chi connectivity index (χ0) is 26.5. The lowest BCUT2D eigenvalue weighted by molar-refractivity contribution is 0.0713. The first kappa shape index (κ1) is 26.2. The molecule has 0 spiro atoms. The number of hydrogen-bond donors (Lipinski definition) is 1. The van der Waals surface area contributed by atoms with Gasteiger partial charge in [-0.2, -0.15) is 5.26 Å². The number of piperidine rings is 1. The molecular formula is C32H39N5O. The van der Waals surface area contributed by atoms with Crippen LogP contribution in [0.4, 0.5) is 5.69 Å². The lowest BCUT2D eigenvalue weighted by Crippen LogP contribution is -2.37. The van der Waals surface area contributed by atoms with Crippen LogP contribution >= 0.6 is 0 Å². The molecule has 1 saturated heterocycles. The van der Waals surface area contributed by atoms with Gasteiger partial charge in [-0.15, -0.1) is 0 Å². The summed E-state index contributed by atoms with van der Waals surface area (Å²) in [4.78, 5) is 22.9. The van der Waals surface area contributed by atoms with Crippen LogP contribution in [-0.2, 0) is 0 Å². The largest absolute Gasteiger partial charge is 0.391 e. The van der Waals surface area contributed by atoms with Crippen LogP contribution in [0.5, 0.6) is 0 Å². The van der Waals surface area contributed by atoms with Gasteiger partial charge in [-0.3, -0.25) is 9.79 Å². The van der Waals surface area contributed by atoms with Gasteiger partial charge in [0.25, 0.3) is 5.91 Å². The van der Waals surface area contributed by atoms with Gasteiger partial charge in [-0.1, -0.05) is 24.6 Å². The molecule has 1 saturated carbocycles. The molecule has 5 rings (SSSR count). The number of carbonyl (C=O) groups is 1. The average Bonchev–Trinajstić information content (AvgIpc) is 3.11. The summed E-state index contributed by atoms with van der Waals surface area (Å²) in [7, 11) is 4.17. The van der Waals surface area contributed by atoms with Crippen LogP contribution in [0.2, 0.25) is 0 Å². The van der Waals surface area contributed by atoms with Crippen molar-refractivity contribution in [2.24, 2.45) is 4.99 Å². The van der Waals surface area contributed by atoms with Crippen LogP contribution in [0.3, 0.4) is 0 Å². The normalized spacial score (nSPS) is 19.8. The summed E-state index contributed by atoms with van der Waals surface area (Å²) in [6.45, 7) is 3.57. The maximum atomic E-state index is 13.5. The van der Waals surface area contributed by atoms with Crippen molar-refractivity contribution in [1.82, 2.24) is 15.1 Å². The monoisotopic (exact) mass is 509 g/mol. The highest BCUT2D eigenvalue weighted by Gasteiger charge is 2.27. The highest BCUT2D eigenvalue weighted by Crippen LogP contribution is 2.41. The Bertz CT molecular complexity index is 1240. The third kappa shape index (κ3) is 5.84. The Labute approximate surface area is 227 Å². The molecule has 3 aliphatic rings. The molecule has 2 fully saturated rings. The number of likely N-dealkylation sites (tertiary alicyclic amines) is 1. The minimum Gasteiger partial charge on any atom is -0.391 e. The molecule has 1 N–H and O–H groups in total. The smallest absolute Gasteiger partial charge is 0.253 e. The van der Waals surface area contributed by atoms with Gasteiger partial charge in [-0.05, 0) is 92.0 Å². The van der Waals surface area contributed by atoms with Gasteiger partial charge < -0.3 is 15.1 Å². The second-order valence-electron chi connectivity index (χ2n) is 11.0. The molecule has 2 aromatic carbocycles. The predicted octanol–water partition coefficient (Wildman–Crippen LogP) is 5.75. The number of aliphatic imine (C=N–C) groups is 1. The van der Waals surface area contributed by atoms with Crippen molar-refractivity contribution in [2.45, 2.75) is 56.8 Å². The van der Waals surface area contributed by atoms with Crippen LogP contribution < -0.4 is 5.32 Å².